The number of aromatic nitrogens is 4. The largest absolute Gasteiger partial charge is 0.295 e. The highest BCUT2D eigenvalue weighted by Gasteiger charge is 2.18. The highest BCUT2D eigenvalue weighted by atomic mass is 32.2. The molecule has 2 heterocycles. The van der Waals surface area contributed by atoms with Gasteiger partial charge in [0.05, 0.1) is 17.9 Å². The molecule has 0 radical (unpaired) electrons. The van der Waals surface area contributed by atoms with Crippen LogP contribution in [0.4, 0.5) is 0 Å². The van der Waals surface area contributed by atoms with Crippen LogP contribution in [0.25, 0.3) is 17.1 Å². The molecule has 33 heavy (non-hydrogen) atoms. The summed E-state index contributed by atoms with van der Waals surface area (Å²) in [6.07, 6.45) is 3.56. The van der Waals surface area contributed by atoms with E-state index in [1.54, 1.807) is 12.4 Å². The van der Waals surface area contributed by atoms with Gasteiger partial charge < -0.3 is 0 Å². The number of carbonyl (C=O) groups is 2. The van der Waals surface area contributed by atoms with E-state index in [0.29, 0.717) is 11.0 Å². The monoisotopic (exact) mass is 457 g/mol. The third-order valence-electron chi connectivity index (χ3n) is 5.14. The maximum Gasteiger partial charge on any atom is 0.237 e. The Morgan fingerprint density at radius 1 is 0.909 bits per heavy atom. The standard InChI is InChI=1S/C25H23N5O2S/c1-17-8-9-21(14-18(17)2)30-24(20-10-12-26-13-11-20)28-29-25(30)33-16-23(32)27-22(31)15-19-6-4-3-5-7-19/h3-14H,15-16H2,1-2H3,(H,27,31,32). The van der Waals surface area contributed by atoms with Crippen molar-refractivity contribution >= 4 is 23.6 Å². The third kappa shape index (κ3) is 5.53. The molecule has 0 aliphatic heterocycles. The first-order valence-corrected chi connectivity index (χ1v) is 11.4. The van der Waals surface area contributed by atoms with Crippen LogP contribution in [0.2, 0.25) is 0 Å². The fourth-order valence-corrected chi connectivity index (χ4v) is 4.05. The molecule has 4 aromatic rings. The number of thioether (sulfide) groups is 1. The van der Waals surface area contributed by atoms with Crippen molar-refractivity contribution in [1.82, 2.24) is 25.1 Å². The molecule has 0 atom stereocenters. The summed E-state index contributed by atoms with van der Waals surface area (Å²) >= 11 is 1.23. The van der Waals surface area contributed by atoms with E-state index < -0.39 is 0 Å². The van der Waals surface area contributed by atoms with E-state index in [0.717, 1.165) is 22.4 Å². The Labute approximate surface area is 196 Å². The molecular formula is C25H23N5O2S. The molecule has 4 rings (SSSR count). The zero-order chi connectivity index (χ0) is 23.2. The van der Waals surface area contributed by atoms with Crippen LogP contribution in [-0.2, 0) is 16.0 Å². The molecule has 166 valence electrons. The van der Waals surface area contributed by atoms with E-state index in [4.69, 9.17) is 0 Å². The van der Waals surface area contributed by atoms with Gasteiger partial charge >= 0.3 is 0 Å². The van der Waals surface area contributed by atoms with Gasteiger partial charge in [-0.15, -0.1) is 10.2 Å². The number of carbonyl (C=O) groups excluding carboxylic acids is 2. The number of hydrogen-bond donors (Lipinski definition) is 1. The van der Waals surface area contributed by atoms with Crippen LogP contribution in [0, 0.1) is 13.8 Å². The lowest BCUT2D eigenvalue weighted by atomic mass is 10.1. The first kappa shape index (κ1) is 22.4. The molecule has 0 saturated carbocycles. The van der Waals surface area contributed by atoms with Crippen LogP contribution < -0.4 is 5.32 Å². The zero-order valence-corrected chi connectivity index (χ0v) is 19.2. The van der Waals surface area contributed by atoms with Crippen molar-refractivity contribution in [2.45, 2.75) is 25.4 Å². The van der Waals surface area contributed by atoms with E-state index in [2.05, 4.69) is 33.5 Å². The molecule has 2 aromatic heterocycles. The van der Waals surface area contributed by atoms with Crippen molar-refractivity contribution in [2.24, 2.45) is 0 Å². The fraction of sp³-hybridized carbons (Fsp3) is 0.160. The summed E-state index contributed by atoms with van der Waals surface area (Å²) in [4.78, 5) is 28.7. The topological polar surface area (TPSA) is 89.8 Å². The Morgan fingerprint density at radius 3 is 2.39 bits per heavy atom. The summed E-state index contributed by atoms with van der Waals surface area (Å²) < 4.78 is 1.92. The summed E-state index contributed by atoms with van der Waals surface area (Å²) in [5.74, 6) is -0.00974. The Bertz CT molecular complexity index is 1270. The van der Waals surface area contributed by atoms with Crippen LogP contribution >= 0.6 is 11.8 Å². The Hall–Kier alpha value is -3.78. The molecular weight excluding hydrogens is 434 g/mol. The van der Waals surface area contributed by atoms with Crippen LogP contribution in [-0.4, -0.2) is 37.3 Å². The first-order chi connectivity index (χ1) is 16.0. The molecule has 2 amide bonds. The zero-order valence-electron chi connectivity index (χ0n) is 18.4. The summed E-state index contributed by atoms with van der Waals surface area (Å²) in [6.45, 7) is 4.11. The lowest BCUT2D eigenvalue weighted by Crippen LogP contribution is -2.33. The Balaban J connectivity index is 1.52. The lowest BCUT2D eigenvalue weighted by Gasteiger charge is -2.12. The molecule has 7 nitrogen and oxygen atoms in total. The molecule has 0 bridgehead atoms. The second-order valence-electron chi connectivity index (χ2n) is 7.57. The van der Waals surface area contributed by atoms with E-state index in [1.165, 1.54) is 17.3 Å². The number of aryl methyl sites for hydroxylation is 2. The molecule has 0 spiro atoms. The molecule has 0 unspecified atom stereocenters. The molecule has 0 aliphatic rings. The smallest absolute Gasteiger partial charge is 0.237 e. The van der Waals surface area contributed by atoms with Gasteiger partial charge in [-0.1, -0.05) is 48.2 Å². The van der Waals surface area contributed by atoms with Gasteiger partial charge in [0.15, 0.2) is 11.0 Å². The summed E-state index contributed by atoms with van der Waals surface area (Å²) in [7, 11) is 0. The highest BCUT2D eigenvalue weighted by molar-refractivity contribution is 7.99. The molecule has 0 saturated heterocycles. The SMILES string of the molecule is Cc1ccc(-n2c(SCC(=O)NC(=O)Cc3ccccc3)nnc2-c2ccncc2)cc1C. The Kier molecular flexibility index (Phi) is 6.95. The molecule has 0 fully saturated rings. The van der Waals surface area contributed by atoms with Crippen molar-refractivity contribution in [1.29, 1.82) is 0 Å². The van der Waals surface area contributed by atoms with Crippen molar-refractivity contribution in [2.75, 3.05) is 5.75 Å². The number of rotatable bonds is 7. The summed E-state index contributed by atoms with van der Waals surface area (Å²) in [5.41, 5.74) is 4.94. The predicted octanol–water partition coefficient (Wildman–Crippen LogP) is 3.92. The van der Waals surface area contributed by atoms with Crippen molar-refractivity contribution in [3.05, 3.63) is 89.7 Å². The average Bonchev–Trinajstić information content (AvgIpc) is 3.24. The number of nitrogens with one attached hydrogen (secondary N) is 1. The number of imide groups is 1. The molecule has 0 aliphatic carbocycles. The van der Waals surface area contributed by atoms with Crippen molar-refractivity contribution < 1.29 is 9.59 Å². The minimum absolute atomic E-state index is 0.0415. The van der Waals surface area contributed by atoms with Crippen LogP contribution in [0.15, 0.2) is 78.2 Å². The predicted molar refractivity (Wildman–Crippen MR) is 128 cm³/mol. The molecule has 1 N–H and O–H groups in total. The van der Waals surface area contributed by atoms with E-state index in [9.17, 15) is 9.59 Å². The van der Waals surface area contributed by atoms with Crippen LogP contribution in [0.1, 0.15) is 16.7 Å². The van der Waals surface area contributed by atoms with Crippen LogP contribution in [0.5, 0.6) is 0 Å². The summed E-state index contributed by atoms with van der Waals surface area (Å²) in [6, 6.07) is 19.2. The van der Waals surface area contributed by atoms with Gasteiger partial charge in [0.25, 0.3) is 0 Å². The van der Waals surface area contributed by atoms with Gasteiger partial charge in [0, 0.05) is 18.0 Å². The highest BCUT2D eigenvalue weighted by Crippen LogP contribution is 2.28. The van der Waals surface area contributed by atoms with E-state index in [1.807, 2.05) is 66.1 Å². The van der Waals surface area contributed by atoms with Crippen molar-refractivity contribution in [3.63, 3.8) is 0 Å². The minimum atomic E-state index is -0.374. The third-order valence-corrected chi connectivity index (χ3v) is 6.07. The number of amides is 2. The van der Waals surface area contributed by atoms with E-state index >= 15 is 0 Å². The van der Waals surface area contributed by atoms with Crippen molar-refractivity contribution in [3.8, 4) is 17.1 Å². The maximum atomic E-state index is 12.4. The van der Waals surface area contributed by atoms with Gasteiger partial charge in [-0.05, 0) is 54.8 Å². The van der Waals surface area contributed by atoms with Gasteiger partial charge in [-0.25, -0.2) is 0 Å². The number of benzene rings is 2. The fourth-order valence-electron chi connectivity index (χ4n) is 3.30. The van der Waals surface area contributed by atoms with Gasteiger partial charge in [-0.3, -0.25) is 24.5 Å². The number of hydrogen-bond acceptors (Lipinski definition) is 6. The minimum Gasteiger partial charge on any atom is -0.295 e. The molecule has 8 heteroatoms. The number of pyridine rings is 1. The summed E-state index contributed by atoms with van der Waals surface area (Å²) in [5, 5.41) is 11.7. The second-order valence-corrected chi connectivity index (χ2v) is 8.51. The Morgan fingerprint density at radius 2 is 1.67 bits per heavy atom. The van der Waals surface area contributed by atoms with Gasteiger partial charge in [-0.2, -0.15) is 0 Å². The first-order valence-electron chi connectivity index (χ1n) is 10.4. The normalized spacial score (nSPS) is 10.7. The lowest BCUT2D eigenvalue weighted by molar-refractivity contribution is -0.128. The second kappa shape index (κ2) is 10.2. The quantitative estimate of drug-likeness (QED) is 0.423. The maximum absolute atomic E-state index is 12.4. The van der Waals surface area contributed by atoms with Gasteiger partial charge in [0.1, 0.15) is 0 Å². The van der Waals surface area contributed by atoms with E-state index in [-0.39, 0.29) is 24.0 Å². The molecule has 2 aromatic carbocycles. The average molecular weight is 458 g/mol. The number of nitrogens with zero attached hydrogens (tertiary/aromatic N) is 4. The van der Waals surface area contributed by atoms with Gasteiger partial charge in [0.2, 0.25) is 11.8 Å². The van der Waals surface area contributed by atoms with Crippen LogP contribution in [0.3, 0.4) is 0 Å².